The van der Waals surface area contributed by atoms with Gasteiger partial charge < -0.3 is 9.13 Å². The number of benzene rings is 6. The minimum atomic E-state index is -3.51. The number of hydrogen-bond donors (Lipinski definition) is 0. The largest absolute Gasteiger partial charge is 0.307 e. The van der Waals surface area contributed by atoms with Gasteiger partial charge >= 0.3 is 0 Å². The summed E-state index contributed by atoms with van der Waals surface area (Å²) in [5, 5.41) is 2.68. The molecule has 0 bridgehead atoms. The molecule has 3 nitrogen and oxygen atoms in total. The molecule has 0 N–H and O–H groups in total. The average molecular weight is 632 g/mol. The predicted molar refractivity (Wildman–Crippen MR) is 194 cm³/mol. The summed E-state index contributed by atoms with van der Waals surface area (Å²) in [4.78, 5) is 5.16. The Morgan fingerprint density at radius 3 is 0.978 bits per heavy atom. The lowest BCUT2D eigenvalue weighted by Crippen LogP contribution is -2.34. The Hall–Kier alpha value is -5.07. The maximum atomic E-state index is 15.7. The minimum absolute atomic E-state index is 0.398. The first-order chi connectivity index (χ1) is 22.6. The third-order valence-electron chi connectivity index (χ3n) is 8.23. The Labute approximate surface area is 270 Å². The van der Waals surface area contributed by atoms with Gasteiger partial charge in [-0.25, -0.2) is 4.98 Å². The van der Waals surface area contributed by atoms with Gasteiger partial charge in [-0.1, -0.05) is 170 Å². The van der Waals surface area contributed by atoms with Crippen LogP contribution in [0.2, 0.25) is 0 Å². The highest BCUT2D eigenvalue weighted by molar-refractivity contribution is 7.86. The van der Waals surface area contributed by atoms with Gasteiger partial charge in [-0.2, -0.15) is 0 Å². The van der Waals surface area contributed by atoms with E-state index < -0.39 is 14.3 Å². The molecule has 1 aromatic heterocycles. The van der Waals surface area contributed by atoms with E-state index >= 15 is 9.13 Å². The molecular weight excluding hydrogens is 600 g/mol. The van der Waals surface area contributed by atoms with Crippen LogP contribution in [0.15, 0.2) is 188 Å². The van der Waals surface area contributed by atoms with E-state index in [2.05, 4.69) is 24.3 Å². The minimum Gasteiger partial charge on any atom is -0.307 e. The molecule has 0 aliphatic rings. The monoisotopic (exact) mass is 631 g/mol. The summed E-state index contributed by atoms with van der Waals surface area (Å²) in [6, 6.07) is 60.4. The molecule has 1 heterocycles. The summed E-state index contributed by atoms with van der Waals surface area (Å²) in [5.41, 5.74) is 4.67. The first kappa shape index (κ1) is 29.6. The zero-order valence-electron chi connectivity index (χ0n) is 25.1. The van der Waals surface area contributed by atoms with E-state index in [1.807, 2.05) is 164 Å². The van der Waals surface area contributed by atoms with E-state index in [1.165, 1.54) is 0 Å². The average Bonchev–Trinajstić information content (AvgIpc) is 3.16. The van der Waals surface area contributed by atoms with Gasteiger partial charge in [0, 0.05) is 21.2 Å². The van der Waals surface area contributed by atoms with Crippen LogP contribution in [-0.2, 0) is 9.13 Å². The first-order valence-corrected chi connectivity index (χ1v) is 18.6. The highest BCUT2D eigenvalue weighted by atomic mass is 31.2. The van der Waals surface area contributed by atoms with Gasteiger partial charge in [-0.05, 0) is 40.5 Å². The molecule has 0 radical (unpaired) electrons. The van der Waals surface area contributed by atoms with E-state index in [0.29, 0.717) is 32.1 Å². The molecule has 0 unspecified atom stereocenters. The lowest BCUT2D eigenvalue weighted by Gasteiger charge is -2.24. The lowest BCUT2D eigenvalue weighted by atomic mass is 10.00. The number of hydrogen-bond acceptors (Lipinski definition) is 3. The van der Waals surface area contributed by atoms with Crippen LogP contribution in [0.4, 0.5) is 0 Å². The molecular formula is C41H31NO2P2. The second-order valence-corrected chi connectivity index (χ2v) is 16.5. The second kappa shape index (κ2) is 12.7. The first-order valence-electron chi connectivity index (χ1n) is 15.2. The Morgan fingerprint density at radius 2 is 0.609 bits per heavy atom. The van der Waals surface area contributed by atoms with Crippen LogP contribution in [0.25, 0.3) is 22.3 Å². The number of rotatable bonds is 8. The van der Waals surface area contributed by atoms with Crippen molar-refractivity contribution in [3.8, 4) is 22.3 Å². The van der Waals surface area contributed by atoms with Crippen LogP contribution >= 0.6 is 14.3 Å². The molecule has 0 atom stereocenters. The number of aromatic nitrogens is 1. The molecule has 5 heteroatoms. The molecule has 7 aromatic rings. The zero-order valence-corrected chi connectivity index (χ0v) is 26.8. The van der Waals surface area contributed by atoms with Crippen molar-refractivity contribution in [1.29, 1.82) is 0 Å². The van der Waals surface area contributed by atoms with Crippen molar-refractivity contribution in [2.75, 3.05) is 0 Å². The molecule has 0 saturated heterocycles. The smallest absolute Gasteiger partial charge is 0.188 e. The third-order valence-corrected chi connectivity index (χ3v) is 14.1. The number of pyridine rings is 1. The molecule has 222 valence electrons. The Bertz CT molecular complexity index is 1990. The molecule has 0 aliphatic heterocycles. The van der Waals surface area contributed by atoms with Crippen molar-refractivity contribution in [3.63, 3.8) is 0 Å². The Kier molecular flexibility index (Phi) is 8.20. The quantitative estimate of drug-likeness (QED) is 0.162. The standard InChI is InChI=1S/C41H31NO2P2/c43-45(36-21-8-2-9-22-36,37-23-10-3-11-24-37)40-30-35(34-20-16-19-33(29-34)32-17-6-1-7-18-32)31-41(42-40)46(44,38-25-12-4-13-26-38)39-27-14-5-15-28-39/h1-31H. The maximum absolute atomic E-state index is 15.7. The van der Waals surface area contributed by atoms with Crippen molar-refractivity contribution in [3.05, 3.63) is 188 Å². The van der Waals surface area contributed by atoms with Crippen molar-refractivity contribution < 1.29 is 9.13 Å². The molecule has 0 amide bonds. The fourth-order valence-electron chi connectivity index (χ4n) is 5.88. The highest BCUT2D eigenvalue weighted by Gasteiger charge is 2.36. The molecule has 0 aliphatic carbocycles. The van der Waals surface area contributed by atoms with Crippen molar-refractivity contribution in [2.24, 2.45) is 0 Å². The maximum Gasteiger partial charge on any atom is 0.188 e. The van der Waals surface area contributed by atoms with Crippen molar-refractivity contribution >= 4 is 46.4 Å². The summed E-state index contributed by atoms with van der Waals surface area (Å²) in [7, 11) is -7.01. The van der Waals surface area contributed by atoms with Crippen LogP contribution in [-0.4, -0.2) is 4.98 Å². The molecule has 0 saturated carbocycles. The summed E-state index contributed by atoms with van der Waals surface area (Å²) >= 11 is 0. The molecule has 7 rings (SSSR count). The summed E-state index contributed by atoms with van der Waals surface area (Å²) in [5.74, 6) is 0. The van der Waals surface area contributed by atoms with E-state index in [-0.39, 0.29) is 0 Å². The van der Waals surface area contributed by atoms with Crippen LogP contribution < -0.4 is 32.1 Å². The van der Waals surface area contributed by atoms with Crippen molar-refractivity contribution in [2.45, 2.75) is 0 Å². The SMILES string of the molecule is O=P(c1ccccc1)(c1ccccc1)c1cc(-c2cccc(-c3ccccc3)c2)cc(P(=O)(c2ccccc2)c2ccccc2)n1. The predicted octanol–water partition coefficient (Wildman–Crippen LogP) is 7.69. The van der Waals surface area contributed by atoms with Crippen LogP contribution in [0.3, 0.4) is 0 Å². The van der Waals surface area contributed by atoms with Gasteiger partial charge in [-0.15, -0.1) is 0 Å². The van der Waals surface area contributed by atoms with Crippen LogP contribution in [0.5, 0.6) is 0 Å². The summed E-state index contributed by atoms with van der Waals surface area (Å²) < 4.78 is 31.4. The topological polar surface area (TPSA) is 47.0 Å². The van der Waals surface area contributed by atoms with Crippen molar-refractivity contribution in [1.82, 2.24) is 4.98 Å². The van der Waals surface area contributed by atoms with E-state index in [4.69, 9.17) is 4.98 Å². The third kappa shape index (κ3) is 5.50. The van der Waals surface area contributed by atoms with Gasteiger partial charge in [0.2, 0.25) is 0 Å². The van der Waals surface area contributed by atoms with Gasteiger partial charge in [0.1, 0.15) is 10.9 Å². The second-order valence-electron chi connectivity index (χ2n) is 11.1. The molecule has 0 fully saturated rings. The van der Waals surface area contributed by atoms with Gasteiger partial charge in [0.05, 0.1) is 0 Å². The van der Waals surface area contributed by atoms with Gasteiger partial charge in [0.25, 0.3) is 0 Å². The van der Waals surface area contributed by atoms with E-state index in [0.717, 1.165) is 22.3 Å². The van der Waals surface area contributed by atoms with Crippen LogP contribution in [0, 0.1) is 0 Å². The molecule has 46 heavy (non-hydrogen) atoms. The Balaban J connectivity index is 1.55. The van der Waals surface area contributed by atoms with Gasteiger partial charge in [0.15, 0.2) is 14.3 Å². The number of nitrogens with zero attached hydrogens (tertiary/aromatic N) is 1. The molecule has 0 spiro atoms. The molecule has 6 aromatic carbocycles. The normalized spacial score (nSPS) is 11.7. The van der Waals surface area contributed by atoms with Crippen LogP contribution in [0.1, 0.15) is 0 Å². The zero-order chi connectivity index (χ0) is 31.4. The summed E-state index contributed by atoms with van der Waals surface area (Å²) in [6.45, 7) is 0. The van der Waals surface area contributed by atoms with Gasteiger partial charge in [-0.3, -0.25) is 0 Å². The fraction of sp³-hybridized carbons (Fsp3) is 0. The van der Waals surface area contributed by atoms with E-state index in [9.17, 15) is 0 Å². The highest BCUT2D eigenvalue weighted by Crippen LogP contribution is 2.46. The lowest BCUT2D eigenvalue weighted by molar-refractivity contribution is 0.592. The summed E-state index contributed by atoms with van der Waals surface area (Å²) in [6.07, 6.45) is 0. The Morgan fingerprint density at radius 1 is 0.304 bits per heavy atom. The van der Waals surface area contributed by atoms with E-state index in [1.54, 1.807) is 0 Å². The fourth-order valence-corrected chi connectivity index (χ4v) is 11.1.